The van der Waals surface area contributed by atoms with Crippen LogP contribution in [0.1, 0.15) is 36.1 Å². The Morgan fingerprint density at radius 1 is 1.04 bits per heavy atom. The molecule has 0 bridgehead atoms. The fourth-order valence-electron chi connectivity index (χ4n) is 2.10. The number of aryl methyl sites for hydroxylation is 1. The van der Waals surface area contributed by atoms with E-state index in [2.05, 4.69) is 16.0 Å². The third-order valence-corrected chi connectivity index (χ3v) is 3.55. The Kier molecular flexibility index (Phi) is 4.32. The minimum Gasteiger partial charge on any atom is -0.456 e. The van der Waals surface area contributed by atoms with Crippen LogP contribution in [0.2, 0.25) is 0 Å². The first-order valence-electron chi connectivity index (χ1n) is 7.71. The normalized spacial score (nSPS) is 13.4. The van der Waals surface area contributed by atoms with E-state index < -0.39 is 0 Å². The fourth-order valence-corrected chi connectivity index (χ4v) is 2.10. The molecule has 1 aliphatic rings. The molecular weight excluding hydrogens is 294 g/mol. The number of benzene rings is 1. The van der Waals surface area contributed by atoms with Crippen molar-refractivity contribution < 1.29 is 14.0 Å². The maximum absolute atomic E-state index is 12.0. The predicted octanol–water partition coefficient (Wildman–Crippen LogP) is 3.38. The summed E-state index contributed by atoms with van der Waals surface area (Å²) in [6, 6.07) is 10.5. The van der Waals surface area contributed by atoms with E-state index in [0.717, 1.165) is 25.0 Å². The maximum atomic E-state index is 12.0. The predicted molar refractivity (Wildman–Crippen MR) is 87.7 cm³/mol. The number of anilines is 2. The molecule has 1 aromatic heterocycles. The van der Waals surface area contributed by atoms with E-state index in [9.17, 15) is 9.59 Å². The highest BCUT2D eigenvalue weighted by Gasteiger charge is 2.23. The zero-order valence-corrected chi connectivity index (χ0v) is 12.9. The minimum absolute atomic E-state index is 0.202. The highest BCUT2D eigenvalue weighted by molar-refractivity contribution is 6.02. The van der Waals surface area contributed by atoms with Gasteiger partial charge in [-0.25, -0.2) is 4.79 Å². The van der Waals surface area contributed by atoms with Crippen LogP contribution in [0.25, 0.3) is 0 Å². The zero-order chi connectivity index (χ0) is 16.2. The molecule has 0 unspecified atom stereocenters. The Hall–Kier alpha value is -2.76. The van der Waals surface area contributed by atoms with Crippen LogP contribution in [0.4, 0.5) is 16.2 Å². The average Bonchev–Trinajstić information content (AvgIpc) is 3.21. The molecule has 23 heavy (non-hydrogen) atoms. The van der Waals surface area contributed by atoms with Crippen molar-refractivity contribution >= 4 is 23.3 Å². The topological polar surface area (TPSA) is 83.4 Å². The first kappa shape index (κ1) is 15.1. The van der Waals surface area contributed by atoms with Gasteiger partial charge in [-0.2, -0.15) is 0 Å². The van der Waals surface area contributed by atoms with Gasteiger partial charge in [0.1, 0.15) is 5.76 Å². The van der Waals surface area contributed by atoms with Crippen molar-refractivity contribution in [1.82, 2.24) is 5.32 Å². The molecule has 3 amide bonds. The molecule has 0 spiro atoms. The van der Waals surface area contributed by atoms with Crippen LogP contribution in [0.15, 0.2) is 40.8 Å². The molecule has 1 saturated carbocycles. The molecule has 1 aliphatic carbocycles. The van der Waals surface area contributed by atoms with Crippen LogP contribution in [0.3, 0.4) is 0 Å². The maximum Gasteiger partial charge on any atom is 0.319 e. The standard InChI is InChI=1S/C17H19N3O3/c1-2-14-9-10-15(23-14)16(21)18-11-3-5-12(6-4-11)19-17(22)20-13-7-8-13/h3-6,9-10,13H,2,7-8H2,1H3,(H,18,21)(H2,19,20,22). The molecule has 1 aromatic carbocycles. The molecule has 3 N–H and O–H groups in total. The summed E-state index contributed by atoms with van der Waals surface area (Å²) in [5, 5.41) is 8.36. The van der Waals surface area contributed by atoms with E-state index in [0.29, 0.717) is 17.4 Å². The zero-order valence-electron chi connectivity index (χ0n) is 12.9. The summed E-state index contributed by atoms with van der Waals surface area (Å²) in [4.78, 5) is 23.7. The van der Waals surface area contributed by atoms with Crippen LogP contribution in [-0.4, -0.2) is 18.0 Å². The van der Waals surface area contributed by atoms with E-state index in [4.69, 9.17) is 4.42 Å². The van der Waals surface area contributed by atoms with Crippen LogP contribution in [0.5, 0.6) is 0 Å². The van der Waals surface area contributed by atoms with Crippen molar-refractivity contribution in [2.24, 2.45) is 0 Å². The smallest absolute Gasteiger partial charge is 0.319 e. The third-order valence-electron chi connectivity index (χ3n) is 3.55. The summed E-state index contributed by atoms with van der Waals surface area (Å²) in [5.74, 6) is 0.765. The van der Waals surface area contributed by atoms with Crippen LogP contribution >= 0.6 is 0 Å². The molecule has 6 nitrogen and oxygen atoms in total. The lowest BCUT2D eigenvalue weighted by Crippen LogP contribution is -2.30. The van der Waals surface area contributed by atoms with Gasteiger partial charge < -0.3 is 20.4 Å². The Morgan fingerprint density at radius 2 is 1.70 bits per heavy atom. The monoisotopic (exact) mass is 313 g/mol. The lowest BCUT2D eigenvalue weighted by atomic mass is 10.2. The third kappa shape index (κ3) is 4.12. The summed E-state index contributed by atoms with van der Waals surface area (Å²) in [5.41, 5.74) is 1.31. The van der Waals surface area contributed by atoms with Gasteiger partial charge in [0, 0.05) is 23.8 Å². The molecule has 0 saturated heterocycles. The fraction of sp³-hybridized carbons (Fsp3) is 0.294. The molecular formula is C17H19N3O3. The summed E-state index contributed by atoms with van der Waals surface area (Å²) in [6.07, 6.45) is 2.84. The summed E-state index contributed by atoms with van der Waals surface area (Å²) < 4.78 is 5.41. The lowest BCUT2D eigenvalue weighted by Gasteiger charge is -2.08. The van der Waals surface area contributed by atoms with Crippen LogP contribution in [-0.2, 0) is 6.42 Å². The van der Waals surface area contributed by atoms with E-state index in [1.165, 1.54) is 0 Å². The van der Waals surface area contributed by atoms with Crippen molar-refractivity contribution in [2.45, 2.75) is 32.2 Å². The van der Waals surface area contributed by atoms with Crippen molar-refractivity contribution in [3.05, 3.63) is 47.9 Å². The van der Waals surface area contributed by atoms with Crippen molar-refractivity contribution in [1.29, 1.82) is 0 Å². The molecule has 0 atom stereocenters. The Bertz CT molecular complexity index is 702. The molecule has 120 valence electrons. The van der Waals surface area contributed by atoms with E-state index in [-0.39, 0.29) is 17.7 Å². The first-order valence-corrected chi connectivity index (χ1v) is 7.71. The average molecular weight is 313 g/mol. The minimum atomic E-state index is -0.295. The molecule has 1 fully saturated rings. The van der Waals surface area contributed by atoms with Gasteiger partial charge in [0.05, 0.1) is 0 Å². The van der Waals surface area contributed by atoms with Gasteiger partial charge in [-0.05, 0) is 49.2 Å². The number of rotatable bonds is 5. The largest absolute Gasteiger partial charge is 0.456 e. The quantitative estimate of drug-likeness (QED) is 0.791. The Balaban J connectivity index is 1.55. The van der Waals surface area contributed by atoms with Crippen LogP contribution in [0, 0.1) is 0 Å². The molecule has 0 aliphatic heterocycles. The number of amides is 3. The van der Waals surface area contributed by atoms with Gasteiger partial charge in [0.15, 0.2) is 5.76 Å². The van der Waals surface area contributed by atoms with E-state index in [1.54, 1.807) is 36.4 Å². The highest BCUT2D eigenvalue weighted by atomic mass is 16.3. The van der Waals surface area contributed by atoms with Gasteiger partial charge in [-0.3, -0.25) is 4.79 Å². The van der Waals surface area contributed by atoms with Crippen molar-refractivity contribution in [3.8, 4) is 0 Å². The number of carbonyl (C=O) groups excluding carboxylic acids is 2. The molecule has 2 aromatic rings. The Morgan fingerprint density at radius 3 is 2.26 bits per heavy atom. The molecule has 6 heteroatoms. The molecule has 3 rings (SSSR count). The molecule has 0 radical (unpaired) electrons. The lowest BCUT2D eigenvalue weighted by molar-refractivity contribution is 0.0995. The highest BCUT2D eigenvalue weighted by Crippen LogP contribution is 2.19. The van der Waals surface area contributed by atoms with E-state index in [1.807, 2.05) is 6.92 Å². The number of hydrogen-bond acceptors (Lipinski definition) is 3. The second kappa shape index (κ2) is 6.56. The number of furan rings is 1. The number of hydrogen-bond donors (Lipinski definition) is 3. The summed E-state index contributed by atoms with van der Waals surface area (Å²) >= 11 is 0. The van der Waals surface area contributed by atoms with E-state index >= 15 is 0 Å². The van der Waals surface area contributed by atoms with Crippen molar-refractivity contribution in [3.63, 3.8) is 0 Å². The number of carbonyl (C=O) groups is 2. The van der Waals surface area contributed by atoms with Crippen molar-refractivity contribution in [2.75, 3.05) is 10.6 Å². The summed E-state index contributed by atoms with van der Waals surface area (Å²) in [6.45, 7) is 1.96. The first-order chi connectivity index (χ1) is 11.1. The molecule has 1 heterocycles. The van der Waals surface area contributed by atoms with Gasteiger partial charge in [-0.15, -0.1) is 0 Å². The van der Waals surface area contributed by atoms with Gasteiger partial charge in [0.2, 0.25) is 0 Å². The van der Waals surface area contributed by atoms with Gasteiger partial charge in [0.25, 0.3) is 5.91 Å². The van der Waals surface area contributed by atoms with Gasteiger partial charge in [-0.1, -0.05) is 6.92 Å². The SMILES string of the molecule is CCc1ccc(C(=O)Nc2ccc(NC(=O)NC3CC3)cc2)o1. The number of nitrogens with one attached hydrogen (secondary N) is 3. The van der Waals surface area contributed by atoms with Gasteiger partial charge >= 0.3 is 6.03 Å². The number of urea groups is 1. The second-order valence-electron chi connectivity index (χ2n) is 5.52. The summed E-state index contributed by atoms with van der Waals surface area (Å²) in [7, 11) is 0. The van der Waals surface area contributed by atoms with Crippen LogP contribution < -0.4 is 16.0 Å². The Labute approximate surface area is 134 Å². The second-order valence-corrected chi connectivity index (χ2v) is 5.52.